The van der Waals surface area contributed by atoms with Crippen molar-refractivity contribution in [3.8, 4) is 0 Å². The molecule has 0 bridgehead atoms. The van der Waals surface area contributed by atoms with E-state index in [0.717, 1.165) is 24.8 Å². The second kappa shape index (κ2) is 7.69. The third-order valence-electron chi connectivity index (χ3n) is 4.81. The van der Waals surface area contributed by atoms with Crippen molar-refractivity contribution in [2.45, 2.75) is 30.6 Å². The Balaban J connectivity index is 1.43. The number of nitrogens with zero attached hydrogens (tertiary/aromatic N) is 4. The second-order valence-electron chi connectivity index (χ2n) is 6.79. The highest BCUT2D eigenvalue weighted by Gasteiger charge is 2.25. The Labute approximate surface area is 163 Å². The average molecular weight is 399 g/mol. The first-order valence-electron chi connectivity index (χ1n) is 9.23. The van der Waals surface area contributed by atoms with Crippen LogP contribution in [0.25, 0.3) is 5.65 Å². The van der Waals surface area contributed by atoms with Crippen LogP contribution in [0.4, 0.5) is 5.95 Å². The number of hydrogen-bond acceptors (Lipinski definition) is 5. The molecule has 0 atom stereocenters. The van der Waals surface area contributed by atoms with E-state index in [1.54, 1.807) is 40.9 Å². The predicted octanol–water partition coefficient (Wildman–Crippen LogP) is 2.09. The van der Waals surface area contributed by atoms with Crippen LogP contribution in [0, 0.1) is 0 Å². The van der Waals surface area contributed by atoms with Crippen LogP contribution >= 0.6 is 0 Å². The molecule has 8 nitrogen and oxygen atoms in total. The van der Waals surface area contributed by atoms with Crippen LogP contribution in [0.3, 0.4) is 0 Å². The summed E-state index contributed by atoms with van der Waals surface area (Å²) < 4.78 is 28.6. The van der Waals surface area contributed by atoms with E-state index in [9.17, 15) is 13.2 Å². The Bertz CT molecular complexity index is 1090. The number of hydrogen-bond donors (Lipinski definition) is 1. The molecule has 0 spiro atoms. The first-order valence-corrected chi connectivity index (χ1v) is 10.7. The average Bonchev–Trinajstić information content (AvgIpc) is 3.12. The molecule has 1 saturated heterocycles. The molecule has 1 aliphatic rings. The zero-order valence-electron chi connectivity index (χ0n) is 15.3. The van der Waals surface area contributed by atoms with Crippen molar-refractivity contribution >= 4 is 27.5 Å². The van der Waals surface area contributed by atoms with Gasteiger partial charge in [-0.2, -0.15) is 4.31 Å². The summed E-state index contributed by atoms with van der Waals surface area (Å²) in [4.78, 5) is 12.6. The molecule has 28 heavy (non-hydrogen) atoms. The van der Waals surface area contributed by atoms with Gasteiger partial charge in [-0.15, -0.1) is 10.2 Å². The summed E-state index contributed by atoms with van der Waals surface area (Å²) in [7, 11) is -3.46. The van der Waals surface area contributed by atoms with Gasteiger partial charge in [0.2, 0.25) is 21.9 Å². The van der Waals surface area contributed by atoms with Gasteiger partial charge in [-0.05, 0) is 42.7 Å². The Morgan fingerprint density at radius 2 is 1.75 bits per heavy atom. The second-order valence-corrected chi connectivity index (χ2v) is 8.72. The number of anilines is 1. The van der Waals surface area contributed by atoms with Gasteiger partial charge in [-0.1, -0.05) is 24.6 Å². The largest absolute Gasteiger partial charge is 0.294 e. The monoisotopic (exact) mass is 399 g/mol. The third-order valence-corrected chi connectivity index (χ3v) is 6.72. The van der Waals surface area contributed by atoms with Crippen molar-refractivity contribution < 1.29 is 13.2 Å². The van der Waals surface area contributed by atoms with E-state index < -0.39 is 10.0 Å². The summed E-state index contributed by atoms with van der Waals surface area (Å²) in [6.07, 6.45) is 4.75. The molecule has 1 amide bonds. The molecule has 1 aromatic carbocycles. The van der Waals surface area contributed by atoms with Crippen molar-refractivity contribution in [3.05, 3.63) is 54.2 Å². The van der Waals surface area contributed by atoms with Crippen molar-refractivity contribution in [2.75, 3.05) is 18.4 Å². The van der Waals surface area contributed by atoms with E-state index in [0.29, 0.717) is 24.7 Å². The van der Waals surface area contributed by atoms with Gasteiger partial charge in [0.15, 0.2) is 5.65 Å². The van der Waals surface area contributed by atoms with Crippen molar-refractivity contribution in [3.63, 3.8) is 0 Å². The Morgan fingerprint density at radius 3 is 2.50 bits per heavy atom. The number of pyridine rings is 1. The first kappa shape index (κ1) is 18.6. The molecular formula is C19H21N5O3S. The van der Waals surface area contributed by atoms with E-state index in [2.05, 4.69) is 15.5 Å². The minimum absolute atomic E-state index is 0.117. The summed E-state index contributed by atoms with van der Waals surface area (Å²) >= 11 is 0. The lowest BCUT2D eigenvalue weighted by Gasteiger charge is -2.25. The number of amides is 1. The quantitative estimate of drug-likeness (QED) is 0.709. The van der Waals surface area contributed by atoms with Crippen LogP contribution in [0.2, 0.25) is 0 Å². The molecular weight excluding hydrogens is 378 g/mol. The Morgan fingerprint density at radius 1 is 1.00 bits per heavy atom. The van der Waals surface area contributed by atoms with Gasteiger partial charge >= 0.3 is 0 Å². The lowest BCUT2D eigenvalue weighted by molar-refractivity contribution is -0.115. The van der Waals surface area contributed by atoms with Gasteiger partial charge in [0, 0.05) is 19.3 Å². The minimum atomic E-state index is -3.46. The SMILES string of the molecule is O=C(Cc1ccc(S(=O)(=O)N2CCCCC2)cc1)Nc1nnc2ccccn12. The van der Waals surface area contributed by atoms with E-state index in [-0.39, 0.29) is 17.2 Å². The van der Waals surface area contributed by atoms with E-state index in [1.165, 1.54) is 4.31 Å². The van der Waals surface area contributed by atoms with E-state index in [1.807, 2.05) is 12.1 Å². The van der Waals surface area contributed by atoms with Crippen molar-refractivity contribution in [1.82, 2.24) is 18.9 Å². The van der Waals surface area contributed by atoms with Gasteiger partial charge in [0.1, 0.15) is 0 Å². The predicted molar refractivity (Wildman–Crippen MR) is 104 cm³/mol. The fraction of sp³-hybridized carbons (Fsp3) is 0.316. The molecule has 0 aliphatic carbocycles. The van der Waals surface area contributed by atoms with E-state index in [4.69, 9.17) is 0 Å². The highest BCUT2D eigenvalue weighted by atomic mass is 32.2. The topological polar surface area (TPSA) is 96.7 Å². The van der Waals surface area contributed by atoms with E-state index >= 15 is 0 Å². The standard InChI is InChI=1S/C19H21N5O3S/c25-18(20-19-22-21-17-6-2-5-13-24(17)19)14-15-7-9-16(10-8-15)28(26,27)23-11-3-1-4-12-23/h2,5-10,13H,1,3-4,11-12,14H2,(H,20,22,25). The maximum Gasteiger partial charge on any atom is 0.243 e. The van der Waals surface area contributed by atoms with Gasteiger partial charge < -0.3 is 0 Å². The molecule has 3 aromatic rings. The van der Waals surface area contributed by atoms with Crippen LogP contribution in [-0.2, 0) is 21.2 Å². The highest BCUT2D eigenvalue weighted by Crippen LogP contribution is 2.21. The highest BCUT2D eigenvalue weighted by molar-refractivity contribution is 7.89. The van der Waals surface area contributed by atoms with Crippen molar-refractivity contribution in [1.29, 1.82) is 0 Å². The maximum absolute atomic E-state index is 12.7. The Hall–Kier alpha value is -2.78. The molecule has 0 unspecified atom stereocenters. The van der Waals surface area contributed by atoms with Gasteiger partial charge in [0.05, 0.1) is 11.3 Å². The van der Waals surface area contributed by atoms with Crippen LogP contribution in [0.15, 0.2) is 53.6 Å². The smallest absolute Gasteiger partial charge is 0.243 e. The maximum atomic E-state index is 12.7. The summed E-state index contributed by atoms with van der Waals surface area (Å²) in [6.45, 7) is 1.14. The first-order chi connectivity index (χ1) is 13.5. The molecule has 0 radical (unpaired) electrons. The van der Waals surface area contributed by atoms with Crippen molar-refractivity contribution in [2.24, 2.45) is 0 Å². The lowest BCUT2D eigenvalue weighted by Crippen LogP contribution is -2.35. The minimum Gasteiger partial charge on any atom is -0.294 e. The normalized spacial score (nSPS) is 15.6. The summed E-state index contributed by atoms with van der Waals surface area (Å²) in [5.41, 5.74) is 1.37. The number of piperidine rings is 1. The van der Waals surface area contributed by atoms with Gasteiger partial charge in [-0.25, -0.2) is 8.42 Å². The zero-order valence-corrected chi connectivity index (χ0v) is 16.1. The molecule has 1 N–H and O–H groups in total. The number of aromatic nitrogens is 3. The number of fused-ring (bicyclic) bond motifs is 1. The molecule has 1 aliphatic heterocycles. The summed E-state index contributed by atoms with van der Waals surface area (Å²) in [5.74, 6) is 0.106. The Kier molecular flexibility index (Phi) is 5.10. The molecule has 146 valence electrons. The molecule has 3 heterocycles. The number of benzene rings is 1. The lowest BCUT2D eigenvalue weighted by atomic mass is 10.1. The number of carbonyl (C=O) groups is 1. The number of carbonyl (C=O) groups excluding carboxylic acids is 1. The summed E-state index contributed by atoms with van der Waals surface area (Å²) in [5, 5.41) is 10.7. The number of rotatable bonds is 5. The summed E-state index contributed by atoms with van der Waals surface area (Å²) in [6, 6.07) is 12.0. The van der Waals surface area contributed by atoms with Crippen LogP contribution in [0.5, 0.6) is 0 Å². The molecule has 1 fully saturated rings. The van der Waals surface area contributed by atoms with Gasteiger partial charge in [0.25, 0.3) is 0 Å². The van der Waals surface area contributed by atoms with Crippen LogP contribution < -0.4 is 5.32 Å². The fourth-order valence-electron chi connectivity index (χ4n) is 3.31. The fourth-order valence-corrected chi connectivity index (χ4v) is 4.83. The number of nitrogens with one attached hydrogen (secondary N) is 1. The van der Waals surface area contributed by atoms with Crippen LogP contribution in [-0.4, -0.2) is 46.3 Å². The molecule has 4 rings (SSSR count). The zero-order chi connectivity index (χ0) is 19.6. The molecule has 2 aromatic heterocycles. The molecule has 9 heteroatoms. The molecule has 0 saturated carbocycles. The number of sulfonamides is 1. The van der Waals surface area contributed by atoms with Gasteiger partial charge in [-0.3, -0.25) is 14.5 Å². The third kappa shape index (κ3) is 3.76. The van der Waals surface area contributed by atoms with Crippen LogP contribution in [0.1, 0.15) is 24.8 Å².